The van der Waals surface area contributed by atoms with Gasteiger partial charge in [-0.2, -0.15) is 0 Å². The van der Waals surface area contributed by atoms with E-state index in [0.717, 1.165) is 31.7 Å². The average Bonchev–Trinajstić information content (AvgIpc) is 2.55. The van der Waals surface area contributed by atoms with E-state index in [-0.39, 0.29) is 25.1 Å². The van der Waals surface area contributed by atoms with Crippen LogP contribution in [0.15, 0.2) is 12.1 Å². The predicted molar refractivity (Wildman–Crippen MR) is 87.6 cm³/mol. The van der Waals surface area contributed by atoms with Crippen LogP contribution in [0.3, 0.4) is 0 Å². The van der Waals surface area contributed by atoms with Gasteiger partial charge in [0, 0.05) is 26.2 Å². The van der Waals surface area contributed by atoms with Gasteiger partial charge < -0.3 is 24.6 Å². The Labute approximate surface area is 137 Å². The van der Waals surface area contributed by atoms with Crippen LogP contribution in [0.25, 0.3) is 0 Å². The second-order valence-corrected chi connectivity index (χ2v) is 4.94. The molecule has 0 amide bonds. The van der Waals surface area contributed by atoms with Crippen LogP contribution in [0.4, 0.5) is 0 Å². The molecule has 1 aliphatic heterocycles. The molecule has 0 aromatic heterocycles. The second-order valence-electron chi connectivity index (χ2n) is 4.94. The first kappa shape index (κ1) is 18.8. The van der Waals surface area contributed by atoms with Crippen molar-refractivity contribution in [2.75, 3.05) is 54.1 Å². The first-order chi connectivity index (χ1) is 10.2. The molecule has 1 heterocycles. The van der Waals surface area contributed by atoms with Crippen molar-refractivity contribution in [1.29, 1.82) is 0 Å². The van der Waals surface area contributed by atoms with Gasteiger partial charge in [-0.3, -0.25) is 4.90 Å². The molecule has 0 unspecified atom stereocenters. The fraction of sp³-hybridized carbons (Fsp3) is 0.600. The molecule has 7 heteroatoms. The fourth-order valence-electron chi connectivity index (χ4n) is 2.72. The van der Waals surface area contributed by atoms with E-state index < -0.39 is 0 Å². The Morgan fingerprint density at radius 3 is 2.05 bits per heavy atom. The maximum Gasteiger partial charge on any atom is 0.203 e. The normalized spacial score (nSPS) is 16.5. The zero-order valence-corrected chi connectivity index (χ0v) is 14.1. The van der Waals surface area contributed by atoms with Gasteiger partial charge in [0.05, 0.1) is 34.0 Å². The molecule has 126 valence electrons. The van der Waals surface area contributed by atoms with Gasteiger partial charge >= 0.3 is 0 Å². The number of aliphatic hydroxyl groups is 1. The summed E-state index contributed by atoms with van der Waals surface area (Å²) in [4.78, 5) is 2.26. The molecular weight excluding hydrogens is 308 g/mol. The van der Waals surface area contributed by atoms with E-state index in [0.29, 0.717) is 17.2 Å². The summed E-state index contributed by atoms with van der Waals surface area (Å²) in [6.07, 6.45) is 0. The van der Waals surface area contributed by atoms with E-state index in [1.807, 2.05) is 12.1 Å². The molecule has 22 heavy (non-hydrogen) atoms. The Kier molecular flexibility index (Phi) is 7.75. The third kappa shape index (κ3) is 3.95. The summed E-state index contributed by atoms with van der Waals surface area (Å²) in [7, 11) is 4.78. The Morgan fingerprint density at radius 1 is 1.09 bits per heavy atom. The first-order valence-corrected chi connectivity index (χ1v) is 7.10. The molecule has 1 saturated heterocycles. The van der Waals surface area contributed by atoms with Gasteiger partial charge in [-0.25, -0.2) is 0 Å². The number of rotatable bonds is 6. The molecule has 0 radical (unpaired) electrons. The molecular formula is C15H25ClN2O4. The highest BCUT2D eigenvalue weighted by Crippen LogP contribution is 2.40. The number of aliphatic hydroxyl groups excluding tert-OH is 1. The lowest BCUT2D eigenvalue weighted by Crippen LogP contribution is -2.46. The number of hydrogen-bond donors (Lipinski definition) is 2. The van der Waals surface area contributed by atoms with Crippen LogP contribution >= 0.6 is 12.4 Å². The van der Waals surface area contributed by atoms with Gasteiger partial charge in [0.25, 0.3) is 0 Å². The van der Waals surface area contributed by atoms with E-state index in [2.05, 4.69) is 10.2 Å². The molecule has 6 nitrogen and oxygen atoms in total. The van der Waals surface area contributed by atoms with Crippen molar-refractivity contribution in [1.82, 2.24) is 10.2 Å². The number of nitrogens with one attached hydrogen (secondary N) is 1. The van der Waals surface area contributed by atoms with Gasteiger partial charge in [0.2, 0.25) is 5.75 Å². The van der Waals surface area contributed by atoms with Gasteiger partial charge in [0.15, 0.2) is 11.5 Å². The lowest BCUT2D eigenvalue weighted by molar-refractivity contribution is 0.110. The predicted octanol–water partition coefficient (Wildman–Crippen LogP) is 1.07. The Hall–Kier alpha value is -1.21. The number of methoxy groups -OCH3 is 3. The van der Waals surface area contributed by atoms with Crippen molar-refractivity contribution >= 4 is 12.4 Å². The van der Waals surface area contributed by atoms with E-state index in [1.165, 1.54) is 0 Å². The van der Waals surface area contributed by atoms with Crippen LogP contribution in [0.1, 0.15) is 11.6 Å². The van der Waals surface area contributed by atoms with Crippen molar-refractivity contribution < 1.29 is 19.3 Å². The Morgan fingerprint density at radius 2 is 1.64 bits per heavy atom. The summed E-state index contributed by atoms with van der Waals surface area (Å²) < 4.78 is 16.1. The van der Waals surface area contributed by atoms with E-state index in [9.17, 15) is 5.11 Å². The first-order valence-electron chi connectivity index (χ1n) is 7.10. The average molecular weight is 333 g/mol. The van der Waals surface area contributed by atoms with Crippen molar-refractivity contribution in [3.05, 3.63) is 17.7 Å². The van der Waals surface area contributed by atoms with Crippen LogP contribution in [-0.2, 0) is 0 Å². The zero-order chi connectivity index (χ0) is 15.2. The van der Waals surface area contributed by atoms with Crippen molar-refractivity contribution in [2.45, 2.75) is 6.04 Å². The molecule has 2 rings (SSSR count). The number of piperazine rings is 1. The van der Waals surface area contributed by atoms with Gasteiger partial charge in [0.1, 0.15) is 0 Å². The minimum Gasteiger partial charge on any atom is -0.493 e. The molecule has 0 spiro atoms. The number of benzene rings is 1. The second kappa shape index (κ2) is 9.05. The number of ether oxygens (including phenoxy) is 3. The van der Waals surface area contributed by atoms with Crippen molar-refractivity contribution in [3.8, 4) is 17.2 Å². The molecule has 1 aliphatic rings. The van der Waals surface area contributed by atoms with E-state index >= 15 is 0 Å². The van der Waals surface area contributed by atoms with Gasteiger partial charge in [-0.1, -0.05) is 0 Å². The molecule has 2 N–H and O–H groups in total. The highest BCUT2D eigenvalue weighted by atomic mass is 35.5. The lowest BCUT2D eigenvalue weighted by Gasteiger charge is -2.34. The van der Waals surface area contributed by atoms with Gasteiger partial charge in [-0.15, -0.1) is 12.4 Å². The van der Waals surface area contributed by atoms with Gasteiger partial charge in [-0.05, 0) is 17.7 Å². The zero-order valence-electron chi connectivity index (χ0n) is 13.3. The van der Waals surface area contributed by atoms with Crippen molar-refractivity contribution in [3.63, 3.8) is 0 Å². The standard InChI is InChI=1S/C15H24N2O4.ClH/c1-19-13-8-11(9-14(20-2)15(13)21-3)12(10-18)17-6-4-16-5-7-17;/h8-9,12,16,18H,4-7,10H2,1-3H3;1H/t12-;/m1./s1. The SMILES string of the molecule is COc1cc([C@@H](CO)N2CCNCC2)cc(OC)c1OC.Cl. The highest BCUT2D eigenvalue weighted by Gasteiger charge is 2.24. The number of hydrogen-bond acceptors (Lipinski definition) is 6. The molecule has 0 saturated carbocycles. The fourth-order valence-corrected chi connectivity index (χ4v) is 2.72. The molecule has 1 aromatic rings. The summed E-state index contributed by atoms with van der Waals surface area (Å²) in [5.41, 5.74) is 0.967. The van der Waals surface area contributed by atoms with Crippen LogP contribution < -0.4 is 19.5 Å². The third-order valence-electron chi connectivity index (χ3n) is 3.84. The number of nitrogens with zero attached hydrogens (tertiary/aromatic N) is 1. The Bertz CT molecular complexity index is 442. The van der Waals surface area contributed by atoms with E-state index in [4.69, 9.17) is 14.2 Å². The van der Waals surface area contributed by atoms with Crippen molar-refractivity contribution in [2.24, 2.45) is 0 Å². The van der Waals surface area contributed by atoms with Crippen LogP contribution in [-0.4, -0.2) is 64.1 Å². The van der Waals surface area contributed by atoms with Crippen LogP contribution in [0.5, 0.6) is 17.2 Å². The summed E-state index contributed by atoms with van der Waals surface area (Å²) >= 11 is 0. The minimum atomic E-state index is -0.0687. The van der Waals surface area contributed by atoms with E-state index in [1.54, 1.807) is 21.3 Å². The molecule has 0 aliphatic carbocycles. The number of halogens is 1. The third-order valence-corrected chi connectivity index (χ3v) is 3.84. The molecule has 1 fully saturated rings. The maximum absolute atomic E-state index is 9.81. The summed E-state index contributed by atoms with van der Waals surface area (Å²) in [5, 5.41) is 13.1. The maximum atomic E-state index is 9.81. The monoisotopic (exact) mass is 332 g/mol. The summed E-state index contributed by atoms with van der Waals surface area (Å²) in [6, 6.07) is 3.75. The summed E-state index contributed by atoms with van der Waals surface area (Å²) in [5.74, 6) is 1.79. The Balaban J connectivity index is 0.00000242. The lowest BCUT2D eigenvalue weighted by atomic mass is 10.0. The van der Waals surface area contributed by atoms with Crippen LogP contribution in [0.2, 0.25) is 0 Å². The van der Waals surface area contributed by atoms with Crippen LogP contribution in [0, 0.1) is 0 Å². The largest absolute Gasteiger partial charge is 0.493 e. The molecule has 0 bridgehead atoms. The molecule has 1 atom stereocenters. The quantitative estimate of drug-likeness (QED) is 0.812. The molecule has 1 aromatic carbocycles. The highest BCUT2D eigenvalue weighted by molar-refractivity contribution is 5.85. The smallest absolute Gasteiger partial charge is 0.203 e. The topological polar surface area (TPSA) is 63.2 Å². The summed E-state index contributed by atoms with van der Waals surface area (Å²) in [6.45, 7) is 3.73. The minimum absolute atomic E-state index is 0.